The van der Waals surface area contributed by atoms with Crippen molar-refractivity contribution in [2.75, 3.05) is 13.1 Å². The Morgan fingerprint density at radius 1 is 1.29 bits per heavy atom. The van der Waals surface area contributed by atoms with Crippen molar-refractivity contribution in [1.29, 1.82) is 0 Å². The fourth-order valence-corrected chi connectivity index (χ4v) is 2.37. The van der Waals surface area contributed by atoms with Crippen LogP contribution in [0.1, 0.15) is 44.4 Å². The Morgan fingerprint density at radius 3 is 2.47 bits per heavy atom. The summed E-state index contributed by atoms with van der Waals surface area (Å²) in [5, 5.41) is 0. The van der Waals surface area contributed by atoms with Crippen molar-refractivity contribution < 1.29 is 0 Å². The van der Waals surface area contributed by atoms with Crippen LogP contribution in [0.2, 0.25) is 0 Å². The van der Waals surface area contributed by atoms with Gasteiger partial charge in [0.25, 0.3) is 0 Å². The molecule has 0 spiro atoms. The van der Waals surface area contributed by atoms with E-state index < -0.39 is 0 Å². The first-order valence-corrected chi connectivity index (χ1v) is 6.62. The molecule has 0 amide bonds. The topological polar surface area (TPSA) is 29.3 Å². The van der Waals surface area contributed by atoms with Gasteiger partial charge in [0, 0.05) is 18.6 Å². The van der Waals surface area contributed by atoms with Crippen molar-refractivity contribution >= 4 is 0 Å². The van der Waals surface area contributed by atoms with E-state index in [0.29, 0.717) is 18.6 Å². The van der Waals surface area contributed by atoms with Crippen molar-refractivity contribution in [3.8, 4) is 0 Å². The Labute approximate surface area is 106 Å². The maximum Gasteiger partial charge on any atom is 0.0473 e. The SMILES string of the molecule is CCCN(C(C)C)C(CN)c1cccc(C)c1. The third-order valence-electron chi connectivity index (χ3n) is 3.20. The number of aryl methyl sites for hydroxylation is 1. The lowest BCUT2D eigenvalue weighted by molar-refractivity contribution is 0.157. The van der Waals surface area contributed by atoms with Crippen LogP contribution in [0.25, 0.3) is 0 Å². The van der Waals surface area contributed by atoms with Crippen molar-refractivity contribution in [2.45, 2.75) is 46.2 Å². The molecule has 1 atom stereocenters. The van der Waals surface area contributed by atoms with Gasteiger partial charge in [0.2, 0.25) is 0 Å². The number of hydrogen-bond acceptors (Lipinski definition) is 2. The second-order valence-corrected chi connectivity index (χ2v) is 5.00. The summed E-state index contributed by atoms with van der Waals surface area (Å²) < 4.78 is 0. The van der Waals surface area contributed by atoms with Gasteiger partial charge in [-0.2, -0.15) is 0 Å². The van der Waals surface area contributed by atoms with Crippen LogP contribution >= 0.6 is 0 Å². The summed E-state index contributed by atoms with van der Waals surface area (Å²) in [4.78, 5) is 2.49. The van der Waals surface area contributed by atoms with Gasteiger partial charge in [-0.15, -0.1) is 0 Å². The number of hydrogen-bond donors (Lipinski definition) is 1. The zero-order valence-electron chi connectivity index (χ0n) is 11.6. The molecule has 0 fully saturated rings. The van der Waals surface area contributed by atoms with Gasteiger partial charge in [-0.1, -0.05) is 36.8 Å². The highest BCUT2D eigenvalue weighted by atomic mass is 15.2. The molecule has 0 saturated heterocycles. The van der Waals surface area contributed by atoms with Crippen molar-refractivity contribution in [3.05, 3.63) is 35.4 Å². The zero-order chi connectivity index (χ0) is 12.8. The first kappa shape index (κ1) is 14.2. The van der Waals surface area contributed by atoms with E-state index in [1.807, 2.05) is 0 Å². The number of nitrogens with two attached hydrogens (primary N) is 1. The molecule has 0 bridgehead atoms. The highest BCUT2D eigenvalue weighted by Gasteiger charge is 2.20. The van der Waals surface area contributed by atoms with Crippen LogP contribution in [0.3, 0.4) is 0 Å². The average Bonchev–Trinajstić information content (AvgIpc) is 2.29. The fourth-order valence-electron chi connectivity index (χ4n) is 2.37. The summed E-state index contributed by atoms with van der Waals surface area (Å²) >= 11 is 0. The lowest BCUT2D eigenvalue weighted by Crippen LogP contribution is -2.39. The Kier molecular flexibility index (Phi) is 5.66. The molecule has 0 radical (unpaired) electrons. The first-order valence-electron chi connectivity index (χ1n) is 6.62. The Morgan fingerprint density at radius 2 is 2.00 bits per heavy atom. The van der Waals surface area contributed by atoms with E-state index in [1.54, 1.807) is 0 Å². The molecule has 1 aromatic carbocycles. The summed E-state index contributed by atoms with van der Waals surface area (Å²) in [5.74, 6) is 0. The smallest absolute Gasteiger partial charge is 0.0473 e. The van der Waals surface area contributed by atoms with E-state index in [1.165, 1.54) is 17.5 Å². The lowest BCUT2D eigenvalue weighted by Gasteiger charge is -2.34. The predicted molar refractivity (Wildman–Crippen MR) is 75.1 cm³/mol. The molecule has 1 aromatic rings. The minimum Gasteiger partial charge on any atom is -0.329 e. The standard InChI is InChI=1S/C15H26N2/c1-5-9-17(12(2)3)15(11-16)14-8-6-7-13(4)10-14/h6-8,10,12,15H,5,9,11,16H2,1-4H3. The largest absolute Gasteiger partial charge is 0.329 e. The molecule has 2 heteroatoms. The molecular weight excluding hydrogens is 208 g/mol. The molecule has 0 aliphatic rings. The van der Waals surface area contributed by atoms with Gasteiger partial charge in [-0.05, 0) is 39.3 Å². The second-order valence-electron chi connectivity index (χ2n) is 5.00. The highest BCUT2D eigenvalue weighted by molar-refractivity contribution is 5.25. The number of nitrogens with zero attached hydrogens (tertiary/aromatic N) is 1. The molecule has 2 nitrogen and oxygen atoms in total. The van der Waals surface area contributed by atoms with E-state index in [-0.39, 0.29) is 0 Å². The Hall–Kier alpha value is -0.860. The molecule has 17 heavy (non-hydrogen) atoms. The third kappa shape index (κ3) is 3.83. The number of benzene rings is 1. The molecule has 0 saturated carbocycles. The Balaban J connectivity index is 2.95. The van der Waals surface area contributed by atoms with Crippen LogP contribution in [-0.2, 0) is 0 Å². The van der Waals surface area contributed by atoms with Crippen LogP contribution in [0, 0.1) is 6.92 Å². The molecule has 0 aromatic heterocycles. The van der Waals surface area contributed by atoms with Gasteiger partial charge in [-0.3, -0.25) is 4.90 Å². The van der Waals surface area contributed by atoms with E-state index in [9.17, 15) is 0 Å². The Bertz CT molecular complexity index is 333. The van der Waals surface area contributed by atoms with Crippen molar-refractivity contribution in [1.82, 2.24) is 4.90 Å². The summed E-state index contributed by atoms with van der Waals surface area (Å²) in [6.45, 7) is 10.6. The van der Waals surface area contributed by atoms with Gasteiger partial charge >= 0.3 is 0 Å². The van der Waals surface area contributed by atoms with Crippen LogP contribution in [-0.4, -0.2) is 24.0 Å². The summed E-state index contributed by atoms with van der Waals surface area (Å²) in [7, 11) is 0. The zero-order valence-corrected chi connectivity index (χ0v) is 11.6. The van der Waals surface area contributed by atoms with Crippen molar-refractivity contribution in [3.63, 3.8) is 0 Å². The summed E-state index contributed by atoms with van der Waals surface area (Å²) in [5.41, 5.74) is 8.63. The highest BCUT2D eigenvalue weighted by Crippen LogP contribution is 2.23. The summed E-state index contributed by atoms with van der Waals surface area (Å²) in [6.07, 6.45) is 1.17. The number of rotatable bonds is 6. The van der Waals surface area contributed by atoms with E-state index in [4.69, 9.17) is 5.73 Å². The second kappa shape index (κ2) is 6.77. The van der Waals surface area contributed by atoms with E-state index in [0.717, 1.165) is 6.54 Å². The van der Waals surface area contributed by atoms with Crippen LogP contribution in [0.4, 0.5) is 0 Å². The average molecular weight is 234 g/mol. The molecule has 0 aliphatic carbocycles. The third-order valence-corrected chi connectivity index (χ3v) is 3.20. The quantitative estimate of drug-likeness (QED) is 0.819. The molecule has 2 N–H and O–H groups in total. The molecule has 1 rings (SSSR count). The van der Waals surface area contributed by atoms with Gasteiger partial charge < -0.3 is 5.73 Å². The van der Waals surface area contributed by atoms with Crippen LogP contribution in [0.5, 0.6) is 0 Å². The minimum atomic E-state index is 0.342. The monoisotopic (exact) mass is 234 g/mol. The molecular formula is C15H26N2. The minimum absolute atomic E-state index is 0.342. The van der Waals surface area contributed by atoms with Gasteiger partial charge in [-0.25, -0.2) is 0 Å². The maximum atomic E-state index is 5.98. The maximum absolute atomic E-state index is 5.98. The lowest BCUT2D eigenvalue weighted by atomic mass is 10.0. The molecule has 1 unspecified atom stereocenters. The predicted octanol–water partition coefficient (Wildman–Crippen LogP) is 3.12. The van der Waals surface area contributed by atoms with E-state index in [2.05, 4.69) is 56.9 Å². The van der Waals surface area contributed by atoms with Crippen LogP contribution < -0.4 is 5.73 Å². The summed E-state index contributed by atoms with van der Waals surface area (Å²) in [6, 6.07) is 9.57. The fraction of sp³-hybridized carbons (Fsp3) is 0.600. The molecule has 0 heterocycles. The van der Waals surface area contributed by atoms with E-state index >= 15 is 0 Å². The molecule has 0 aliphatic heterocycles. The normalized spacial score (nSPS) is 13.4. The van der Waals surface area contributed by atoms with Gasteiger partial charge in [0.15, 0.2) is 0 Å². The van der Waals surface area contributed by atoms with Gasteiger partial charge in [0.05, 0.1) is 0 Å². The van der Waals surface area contributed by atoms with Crippen LogP contribution in [0.15, 0.2) is 24.3 Å². The first-order chi connectivity index (χ1) is 8.10. The molecule has 96 valence electrons. The van der Waals surface area contributed by atoms with Crippen molar-refractivity contribution in [2.24, 2.45) is 5.73 Å². The van der Waals surface area contributed by atoms with Gasteiger partial charge in [0.1, 0.15) is 0 Å².